The fourth-order valence-electron chi connectivity index (χ4n) is 1.97. The highest BCUT2D eigenvalue weighted by Crippen LogP contribution is 2.18. The topological polar surface area (TPSA) is 30.7 Å². The Hall–Kier alpha value is -2.74. The molecule has 0 saturated heterocycles. The second kappa shape index (κ2) is 5.71. The van der Waals surface area contributed by atoms with Gasteiger partial charge in [0.1, 0.15) is 17.3 Å². The highest BCUT2D eigenvalue weighted by Gasteiger charge is 2.07. The van der Waals surface area contributed by atoms with Gasteiger partial charge >= 0.3 is 0 Å². The summed E-state index contributed by atoms with van der Waals surface area (Å²) in [7, 11) is 0. The van der Waals surface area contributed by atoms with E-state index in [4.69, 9.17) is 0 Å². The summed E-state index contributed by atoms with van der Waals surface area (Å²) in [4.78, 5) is 4.09. The molecule has 0 N–H and O–H groups in total. The van der Waals surface area contributed by atoms with E-state index in [1.165, 1.54) is 6.07 Å². The smallest absolute Gasteiger partial charge is 0.137 e. The van der Waals surface area contributed by atoms with Gasteiger partial charge in [-0.05, 0) is 18.1 Å². The fraction of sp³-hybridized carbons (Fsp3) is 0.125. The van der Waals surface area contributed by atoms with Gasteiger partial charge in [-0.25, -0.2) is 13.8 Å². The van der Waals surface area contributed by atoms with Gasteiger partial charge in [0.2, 0.25) is 0 Å². The first-order valence-electron chi connectivity index (χ1n) is 6.44. The summed E-state index contributed by atoms with van der Waals surface area (Å²) in [6.07, 6.45) is 3.79. The van der Waals surface area contributed by atoms with Crippen LogP contribution in [0.3, 0.4) is 0 Å². The van der Waals surface area contributed by atoms with Crippen LogP contribution in [0, 0.1) is 23.5 Å². The zero-order valence-electron chi connectivity index (χ0n) is 11.1. The molecule has 3 nitrogen and oxygen atoms in total. The Balaban J connectivity index is 1.72. The highest BCUT2D eigenvalue weighted by molar-refractivity contribution is 5.78. The predicted molar refractivity (Wildman–Crippen MR) is 75.4 cm³/mol. The third-order valence-corrected chi connectivity index (χ3v) is 2.93. The first-order chi connectivity index (χ1) is 10.2. The number of aryl methyl sites for hydroxylation is 1. The van der Waals surface area contributed by atoms with Crippen LogP contribution in [0.5, 0.6) is 0 Å². The van der Waals surface area contributed by atoms with Gasteiger partial charge in [-0.3, -0.25) is 4.68 Å². The first-order valence-corrected chi connectivity index (χ1v) is 6.44. The van der Waals surface area contributed by atoms with E-state index in [0.29, 0.717) is 29.6 Å². The standard InChI is InChI=1S/C16H11F2N3/c17-12-9-15(18)14-11-21(20-16(14)10-12)8-4-2-6-13-5-1-3-7-19-13/h1,3,5,7,9-11H,4,8H2. The summed E-state index contributed by atoms with van der Waals surface area (Å²) in [6.45, 7) is 0.509. The van der Waals surface area contributed by atoms with Gasteiger partial charge < -0.3 is 0 Å². The number of hydrogen-bond acceptors (Lipinski definition) is 2. The van der Waals surface area contributed by atoms with Crippen LogP contribution in [0.2, 0.25) is 0 Å². The Kier molecular flexibility index (Phi) is 3.61. The summed E-state index contributed by atoms with van der Waals surface area (Å²) >= 11 is 0. The zero-order chi connectivity index (χ0) is 14.7. The molecule has 104 valence electrons. The van der Waals surface area contributed by atoms with Gasteiger partial charge in [0.15, 0.2) is 0 Å². The van der Waals surface area contributed by atoms with E-state index in [-0.39, 0.29) is 0 Å². The summed E-state index contributed by atoms with van der Waals surface area (Å²) in [6, 6.07) is 7.60. The van der Waals surface area contributed by atoms with Crippen molar-refractivity contribution in [1.29, 1.82) is 0 Å². The predicted octanol–water partition coefficient (Wildman–Crippen LogP) is 3.15. The number of pyridine rings is 1. The summed E-state index contributed by atoms with van der Waals surface area (Å²) in [5.74, 6) is 4.69. The van der Waals surface area contributed by atoms with Crippen LogP contribution in [0.4, 0.5) is 8.78 Å². The molecule has 0 aliphatic heterocycles. The molecule has 1 aromatic carbocycles. The zero-order valence-corrected chi connectivity index (χ0v) is 11.1. The van der Waals surface area contributed by atoms with Gasteiger partial charge in [-0.1, -0.05) is 12.0 Å². The Morgan fingerprint density at radius 2 is 2.10 bits per heavy atom. The molecular formula is C16H11F2N3. The average molecular weight is 283 g/mol. The molecule has 0 radical (unpaired) electrons. The number of nitrogens with zero attached hydrogens (tertiary/aromatic N) is 3. The Labute approximate surface area is 120 Å². The van der Waals surface area contributed by atoms with E-state index in [0.717, 1.165) is 6.07 Å². The van der Waals surface area contributed by atoms with Crippen LogP contribution in [0.25, 0.3) is 10.9 Å². The lowest BCUT2D eigenvalue weighted by atomic mass is 10.2. The molecule has 0 spiro atoms. The molecule has 0 bridgehead atoms. The first kappa shape index (κ1) is 13.3. The fourth-order valence-corrected chi connectivity index (χ4v) is 1.97. The van der Waals surface area contributed by atoms with E-state index in [9.17, 15) is 8.78 Å². The van der Waals surface area contributed by atoms with E-state index in [1.54, 1.807) is 17.1 Å². The number of fused-ring (bicyclic) bond motifs is 1. The van der Waals surface area contributed by atoms with Crippen LogP contribution in [-0.2, 0) is 6.54 Å². The minimum atomic E-state index is -0.625. The van der Waals surface area contributed by atoms with Gasteiger partial charge in [-0.15, -0.1) is 0 Å². The van der Waals surface area contributed by atoms with Crippen LogP contribution < -0.4 is 0 Å². The van der Waals surface area contributed by atoms with Crippen molar-refractivity contribution in [3.63, 3.8) is 0 Å². The second-order valence-corrected chi connectivity index (χ2v) is 4.48. The molecule has 3 rings (SSSR count). The number of rotatable bonds is 2. The molecule has 0 fully saturated rings. The van der Waals surface area contributed by atoms with Crippen molar-refractivity contribution in [2.45, 2.75) is 13.0 Å². The molecule has 0 aliphatic rings. The van der Waals surface area contributed by atoms with Gasteiger partial charge in [0.25, 0.3) is 0 Å². The number of halogens is 2. The van der Waals surface area contributed by atoms with Crippen molar-refractivity contribution >= 4 is 10.9 Å². The Morgan fingerprint density at radius 1 is 1.19 bits per heavy atom. The lowest BCUT2D eigenvalue weighted by Gasteiger charge is -1.94. The van der Waals surface area contributed by atoms with E-state index < -0.39 is 11.6 Å². The van der Waals surface area contributed by atoms with Crippen LogP contribution in [-0.4, -0.2) is 14.8 Å². The Bertz CT molecular complexity index is 829. The maximum atomic E-state index is 13.5. The van der Waals surface area contributed by atoms with Crippen molar-refractivity contribution in [3.05, 3.63) is 60.1 Å². The molecule has 0 amide bonds. The lowest BCUT2D eigenvalue weighted by molar-refractivity contribution is 0.592. The van der Waals surface area contributed by atoms with Crippen molar-refractivity contribution < 1.29 is 8.78 Å². The number of benzene rings is 1. The van der Waals surface area contributed by atoms with E-state index in [1.807, 2.05) is 18.2 Å². The molecule has 3 aromatic rings. The largest absolute Gasteiger partial charge is 0.270 e. The normalized spacial score (nSPS) is 10.4. The molecule has 2 heterocycles. The van der Waals surface area contributed by atoms with E-state index in [2.05, 4.69) is 21.9 Å². The maximum absolute atomic E-state index is 13.5. The molecule has 5 heteroatoms. The quantitative estimate of drug-likeness (QED) is 0.676. The summed E-state index contributed by atoms with van der Waals surface area (Å²) in [5, 5.41) is 4.45. The molecule has 0 saturated carbocycles. The number of aromatic nitrogens is 3. The third-order valence-electron chi connectivity index (χ3n) is 2.93. The molecule has 0 aliphatic carbocycles. The highest BCUT2D eigenvalue weighted by atomic mass is 19.1. The minimum Gasteiger partial charge on any atom is -0.270 e. The minimum absolute atomic E-state index is 0.310. The van der Waals surface area contributed by atoms with Crippen molar-refractivity contribution in [2.24, 2.45) is 0 Å². The summed E-state index contributed by atoms with van der Waals surface area (Å²) < 4.78 is 28.2. The molecule has 2 aromatic heterocycles. The van der Waals surface area contributed by atoms with Crippen molar-refractivity contribution in [1.82, 2.24) is 14.8 Å². The van der Waals surface area contributed by atoms with Gasteiger partial charge in [0.05, 0.1) is 17.4 Å². The van der Waals surface area contributed by atoms with Crippen LogP contribution >= 0.6 is 0 Å². The SMILES string of the molecule is Fc1cc(F)c2cn(CCC#Cc3ccccn3)nc2c1. The summed E-state index contributed by atoms with van der Waals surface area (Å²) in [5.41, 5.74) is 1.02. The molecule has 0 atom stereocenters. The lowest BCUT2D eigenvalue weighted by Crippen LogP contribution is -1.96. The average Bonchev–Trinajstić information content (AvgIpc) is 2.88. The molecular weight excluding hydrogens is 272 g/mol. The van der Waals surface area contributed by atoms with Gasteiger partial charge in [0, 0.05) is 30.9 Å². The van der Waals surface area contributed by atoms with Crippen LogP contribution in [0.15, 0.2) is 42.7 Å². The molecule has 21 heavy (non-hydrogen) atoms. The van der Waals surface area contributed by atoms with Crippen molar-refractivity contribution in [3.8, 4) is 11.8 Å². The Morgan fingerprint density at radius 3 is 2.90 bits per heavy atom. The van der Waals surface area contributed by atoms with Crippen molar-refractivity contribution in [2.75, 3.05) is 0 Å². The third kappa shape index (κ3) is 3.06. The van der Waals surface area contributed by atoms with Gasteiger partial charge in [-0.2, -0.15) is 5.10 Å². The monoisotopic (exact) mass is 283 g/mol. The second-order valence-electron chi connectivity index (χ2n) is 4.48. The van der Waals surface area contributed by atoms with E-state index >= 15 is 0 Å². The molecule has 0 unspecified atom stereocenters. The number of hydrogen-bond donors (Lipinski definition) is 0. The van der Waals surface area contributed by atoms with Crippen LogP contribution in [0.1, 0.15) is 12.1 Å². The maximum Gasteiger partial charge on any atom is 0.137 e.